The van der Waals surface area contributed by atoms with Crippen molar-refractivity contribution in [2.24, 2.45) is 0 Å². The number of aromatic nitrogens is 3. The van der Waals surface area contributed by atoms with Crippen LogP contribution in [0.3, 0.4) is 0 Å². The number of hydrogen-bond donors (Lipinski definition) is 1. The van der Waals surface area contributed by atoms with Crippen LogP contribution < -0.4 is 5.32 Å². The normalized spacial score (nSPS) is 11.4. The summed E-state index contributed by atoms with van der Waals surface area (Å²) in [5, 5.41) is 6.38. The Bertz CT molecular complexity index is 465. The molecule has 2 aromatic heterocycles. The van der Waals surface area contributed by atoms with E-state index in [0.29, 0.717) is 0 Å². The third-order valence-corrected chi connectivity index (χ3v) is 3.28. The lowest BCUT2D eigenvalue weighted by Crippen LogP contribution is -2.28. The highest BCUT2D eigenvalue weighted by Crippen LogP contribution is 2.25. The Morgan fingerprint density at radius 3 is 2.69 bits per heavy atom. The minimum Gasteiger partial charge on any atom is -0.359 e. The fraction of sp³-hybridized carbons (Fsp3) is 0.364. The lowest BCUT2D eigenvalue weighted by molar-refractivity contribution is 0.600. The van der Waals surface area contributed by atoms with Crippen molar-refractivity contribution in [3.05, 3.63) is 34.7 Å². The quantitative estimate of drug-likeness (QED) is 0.886. The van der Waals surface area contributed by atoms with E-state index >= 15 is 0 Å². The predicted octanol–water partition coefficient (Wildman–Crippen LogP) is 2.59. The number of aryl methyl sites for hydroxylation is 1. The Labute approximate surface area is 98.8 Å². The molecule has 0 aliphatic rings. The van der Waals surface area contributed by atoms with E-state index in [9.17, 15) is 0 Å². The maximum Gasteiger partial charge on any atom is 0.130 e. The van der Waals surface area contributed by atoms with Gasteiger partial charge in [-0.05, 0) is 26.8 Å². The SMILES string of the molecule is Cc1nccc(NC(C)(C)c2nccs2)n1. The molecule has 0 radical (unpaired) electrons. The second-order valence-corrected chi connectivity index (χ2v) is 4.97. The Morgan fingerprint density at radius 2 is 2.06 bits per heavy atom. The Morgan fingerprint density at radius 1 is 1.25 bits per heavy atom. The molecule has 0 spiro atoms. The van der Waals surface area contributed by atoms with Crippen molar-refractivity contribution in [3.8, 4) is 0 Å². The molecule has 0 saturated carbocycles. The van der Waals surface area contributed by atoms with Crippen molar-refractivity contribution in [2.75, 3.05) is 5.32 Å². The fourth-order valence-electron chi connectivity index (χ4n) is 1.43. The van der Waals surface area contributed by atoms with Gasteiger partial charge in [0.1, 0.15) is 16.6 Å². The minimum atomic E-state index is -0.213. The molecule has 5 heteroatoms. The molecule has 0 aromatic carbocycles. The first-order valence-electron chi connectivity index (χ1n) is 5.06. The van der Waals surface area contributed by atoms with E-state index in [1.165, 1.54) is 0 Å². The van der Waals surface area contributed by atoms with Gasteiger partial charge in [0.15, 0.2) is 0 Å². The number of nitrogens with one attached hydrogen (secondary N) is 1. The number of thiazole rings is 1. The Hall–Kier alpha value is -1.49. The van der Waals surface area contributed by atoms with Crippen molar-refractivity contribution >= 4 is 17.2 Å². The zero-order valence-electron chi connectivity index (χ0n) is 9.56. The molecule has 0 fully saturated rings. The van der Waals surface area contributed by atoms with E-state index in [1.54, 1.807) is 17.5 Å². The van der Waals surface area contributed by atoms with Gasteiger partial charge in [-0.15, -0.1) is 11.3 Å². The third-order valence-electron chi connectivity index (χ3n) is 2.18. The van der Waals surface area contributed by atoms with E-state index in [1.807, 2.05) is 24.6 Å². The van der Waals surface area contributed by atoms with Crippen molar-refractivity contribution in [2.45, 2.75) is 26.3 Å². The zero-order valence-corrected chi connectivity index (χ0v) is 10.4. The second kappa shape index (κ2) is 4.17. The summed E-state index contributed by atoms with van der Waals surface area (Å²) >= 11 is 1.64. The molecule has 0 amide bonds. The molecular weight excluding hydrogens is 220 g/mol. The second-order valence-electron chi connectivity index (χ2n) is 4.08. The van der Waals surface area contributed by atoms with Crippen LogP contribution in [-0.2, 0) is 5.54 Å². The molecule has 1 N–H and O–H groups in total. The summed E-state index contributed by atoms with van der Waals surface area (Å²) in [6.45, 7) is 6.05. The first kappa shape index (κ1) is 11.0. The van der Waals surface area contributed by atoms with E-state index < -0.39 is 0 Å². The van der Waals surface area contributed by atoms with Crippen LogP contribution in [0, 0.1) is 6.92 Å². The molecule has 0 unspecified atom stereocenters. The molecule has 0 bridgehead atoms. The molecule has 2 rings (SSSR count). The topological polar surface area (TPSA) is 50.7 Å². The summed E-state index contributed by atoms with van der Waals surface area (Å²) < 4.78 is 0. The fourth-order valence-corrected chi connectivity index (χ4v) is 2.15. The lowest BCUT2D eigenvalue weighted by Gasteiger charge is -2.24. The van der Waals surface area contributed by atoms with Gasteiger partial charge in [-0.1, -0.05) is 0 Å². The average Bonchev–Trinajstić information content (AvgIpc) is 2.69. The van der Waals surface area contributed by atoms with Gasteiger partial charge in [0, 0.05) is 17.8 Å². The van der Waals surface area contributed by atoms with Gasteiger partial charge >= 0.3 is 0 Å². The third kappa shape index (κ3) is 2.36. The molecule has 4 nitrogen and oxygen atoms in total. The number of nitrogens with zero attached hydrogens (tertiary/aromatic N) is 3. The van der Waals surface area contributed by atoms with Crippen LogP contribution in [-0.4, -0.2) is 15.0 Å². The molecule has 0 aliphatic heterocycles. The molecule has 2 heterocycles. The Balaban J connectivity index is 2.21. The summed E-state index contributed by atoms with van der Waals surface area (Å²) in [6.07, 6.45) is 3.57. The molecule has 16 heavy (non-hydrogen) atoms. The van der Waals surface area contributed by atoms with Crippen LogP contribution in [0.25, 0.3) is 0 Å². The van der Waals surface area contributed by atoms with E-state index in [0.717, 1.165) is 16.6 Å². The molecule has 0 saturated heterocycles. The minimum absolute atomic E-state index is 0.213. The van der Waals surface area contributed by atoms with Crippen LogP contribution in [0.1, 0.15) is 24.7 Å². The monoisotopic (exact) mass is 234 g/mol. The predicted molar refractivity (Wildman–Crippen MR) is 65.5 cm³/mol. The summed E-state index contributed by atoms with van der Waals surface area (Å²) in [5.74, 6) is 1.59. The maximum absolute atomic E-state index is 4.32. The van der Waals surface area contributed by atoms with E-state index in [2.05, 4.69) is 34.1 Å². The first-order chi connectivity index (χ1) is 7.58. The highest BCUT2D eigenvalue weighted by molar-refractivity contribution is 7.09. The van der Waals surface area contributed by atoms with Gasteiger partial charge in [0.2, 0.25) is 0 Å². The lowest BCUT2D eigenvalue weighted by atomic mass is 10.1. The van der Waals surface area contributed by atoms with Crippen LogP contribution in [0.5, 0.6) is 0 Å². The Kier molecular flexibility index (Phi) is 2.87. The van der Waals surface area contributed by atoms with E-state index in [-0.39, 0.29) is 5.54 Å². The summed E-state index contributed by atoms with van der Waals surface area (Å²) in [5.41, 5.74) is -0.213. The first-order valence-corrected chi connectivity index (χ1v) is 5.94. The van der Waals surface area contributed by atoms with Gasteiger partial charge in [0.05, 0.1) is 5.54 Å². The van der Waals surface area contributed by atoms with Gasteiger partial charge < -0.3 is 5.32 Å². The van der Waals surface area contributed by atoms with Crippen molar-refractivity contribution in [1.29, 1.82) is 0 Å². The number of anilines is 1. The van der Waals surface area contributed by atoms with Crippen molar-refractivity contribution in [1.82, 2.24) is 15.0 Å². The highest BCUT2D eigenvalue weighted by atomic mass is 32.1. The van der Waals surface area contributed by atoms with Crippen LogP contribution in [0.15, 0.2) is 23.8 Å². The standard InChI is InChI=1S/C11H14N4S/c1-8-12-5-4-9(14-8)15-11(2,3)10-13-6-7-16-10/h4-7H,1-3H3,(H,12,14,15). The van der Waals surface area contributed by atoms with Gasteiger partial charge in [-0.25, -0.2) is 15.0 Å². The van der Waals surface area contributed by atoms with Crippen LogP contribution in [0.4, 0.5) is 5.82 Å². The highest BCUT2D eigenvalue weighted by Gasteiger charge is 2.23. The van der Waals surface area contributed by atoms with Crippen molar-refractivity contribution < 1.29 is 0 Å². The number of hydrogen-bond acceptors (Lipinski definition) is 5. The molecule has 0 aliphatic carbocycles. The van der Waals surface area contributed by atoms with Gasteiger partial charge in [-0.3, -0.25) is 0 Å². The van der Waals surface area contributed by atoms with Crippen LogP contribution >= 0.6 is 11.3 Å². The average molecular weight is 234 g/mol. The van der Waals surface area contributed by atoms with Crippen molar-refractivity contribution in [3.63, 3.8) is 0 Å². The molecule has 2 aromatic rings. The summed E-state index contributed by atoms with van der Waals surface area (Å²) in [4.78, 5) is 12.7. The largest absolute Gasteiger partial charge is 0.359 e. The summed E-state index contributed by atoms with van der Waals surface area (Å²) in [6, 6.07) is 1.86. The smallest absolute Gasteiger partial charge is 0.130 e. The molecule has 84 valence electrons. The molecular formula is C11H14N4S. The molecule has 0 atom stereocenters. The maximum atomic E-state index is 4.32. The van der Waals surface area contributed by atoms with Gasteiger partial charge in [0.25, 0.3) is 0 Å². The summed E-state index contributed by atoms with van der Waals surface area (Å²) in [7, 11) is 0. The van der Waals surface area contributed by atoms with Crippen LogP contribution in [0.2, 0.25) is 0 Å². The van der Waals surface area contributed by atoms with E-state index in [4.69, 9.17) is 0 Å². The van der Waals surface area contributed by atoms with Gasteiger partial charge in [-0.2, -0.15) is 0 Å². The number of rotatable bonds is 3. The zero-order chi connectivity index (χ0) is 11.6.